The Morgan fingerprint density at radius 1 is 1.50 bits per heavy atom. The maximum atomic E-state index is 11.5. The Balaban J connectivity index is 1.95. The molecule has 7 heteroatoms. The number of aromatic nitrogens is 4. The average molecular weight is 244 g/mol. The summed E-state index contributed by atoms with van der Waals surface area (Å²) in [7, 11) is 0. The molecule has 1 aliphatic rings. The first-order chi connectivity index (χ1) is 8.75. The van der Waals surface area contributed by atoms with Gasteiger partial charge in [-0.3, -0.25) is 4.79 Å². The summed E-state index contributed by atoms with van der Waals surface area (Å²) >= 11 is 0. The van der Waals surface area contributed by atoms with Gasteiger partial charge in [0.15, 0.2) is 5.82 Å². The van der Waals surface area contributed by atoms with E-state index < -0.39 is 0 Å². The third-order valence-electron chi connectivity index (χ3n) is 3.12. The Labute approximate surface area is 103 Å². The highest BCUT2D eigenvalue weighted by atomic mass is 16.1. The number of nitrogens with zero attached hydrogens (tertiary/aromatic N) is 4. The van der Waals surface area contributed by atoms with Gasteiger partial charge in [-0.25, -0.2) is 0 Å². The van der Waals surface area contributed by atoms with Crippen LogP contribution in [0.4, 0.5) is 5.69 Å². The molecule has 2 heterocycles. The fourth-order valence-electron chi connectivity index (χ4n) is 2.30. The first kappa shape index (κ1) is 10.7. The van der Waals surface area contributed by atoms with Gasteiger partial charge < -0.3 is 10.6 Å². The summed E-state index contributed by atoms with van der Waals surface area (Å²) in [6.45, 7) is 0.418. The number of hydrogen-bond acceptors (Lipinski definition) is 5. The zero-order chi connectivity index (χ0) is 12.5. The van der Waals surface area contributed by atoms with Gasteiger partial charge in [0.05, 0.1) is 6.54 Å². The number of carbonyl (C=O) groups is 1. The highest BCUT2D eigenvalue weighted by Gasteiger charge is 2.33. The Morgan fingerprint density at radius 3 is 3.06 bits per heavy atom. The van der Waals surface area contributed by atoms with Crippen LogP contribution in [0.1, 0.15) is 11.4 Å². The summed E-state index contributed by atoms with van der Waals surface area (Å²) < 4.78 is 0. The van der Waals surface area contributed by atoms with Gasteiger partial charge in [-0.05, 0) is 11.6 Å². The molecule has 1 amide bonds. The van der Waals surface area contributed by atoms with Gasteiger partial charge in [-0.15, -0.1) is 10.2 Å². The molecule has 0 fully saturated rings. The number of rotatable bonds is 3. The minimum absolute atomic E-state index is 0.338. The van der Waals surface area contributed by atoms with Crippen molar-refractivity contribution in [1.82, 2.24) is 20.6 Å². The summed E-state index contributed by atoms with van der Waals surface area (Å²) in [5, 5.41) is 13.7. The number of tetrazole rings is 1. The number of carbonyl (C=O) groups excluding carboxylic acids is 1. The van der Waals surface area contributed by atoms with Crippen molar-refractivity contribution in [3.8, 4) is 0 Å². The van der Waals surface area contributed by atoms with Gasteiger partial charge in [0.25, 0.3) is 0 Å². The molecule has 0 saturated heterocycles. The van der Waals surface area contributed by atoms with Crippen LogP contribution < -0.4 is 10.6 Å². The van der Waals surface area contributed by atoms with Crippen LogP contribution in [0.25, 0.3) is 0 Å². The second-order valence-electron chi connectivity index (χ2n) is 4.21. The fourth-order valence-corrected chi connectivity index (χ4v) is 2.30. The van der Waals surface area contributed by atoms with E-state index in [0.717, 1.165) is 11.3 Å². The molecule has 0 spiro atoms. The molecule has 18 heavy (non-hydrogen) atoms. The van der Waals surface area contributed by atoms with E-state index in [1.54, 1.807) is 0 Å². The van der Waals surface area contributed by atoms with E-state index in [1.807, 2.05) is 29.2 Å². The predicted molar refractivity (Wildman–Crippen MR) is 63.5 cm³/mol. The van der Waals surface area contributed by atoms with Gasteiger partial charge in [0.1, 0.15) is 6.04 Å². The number of primary amides is 1. The third-order valence-corrected chi connectivity index (χ3v) is 3.12. The summed E-state index contributed by atoms with van der Waals surface area (Å²) in [6.07, 6.45) is 0.628. The van der Waals surface area contributed by atoms with Crippen molar-refractivity contribution in [2.24, 2.45) is 5.73 Å². The first-order valence-corrected chi connectivity index (χ1v) is 5.62. The van der Waals surface area contributed by atoms with Gasteiger partial charge in [0.2, 0.25) is 5.91 Å². The molecule has 7 nitrogen and oxygen atoms in total. The SMILES string of the molecule is NC(=O)C1Cc2ccccc2N1Cc1nn[nH]n1. The summed E-state index contributed by atoms with van der Waals surface area (Å²) in [5.41, 5.74) is 7.57. The summed E-state index contributed by atoms with van der Waals surface area (Å²) in [5.74, 6) is 0.202. The van der Waals surface area contributed by atoms with Crippen LogP contribution in [0.2, 0.25) is 0 Å². The van der Waals surface area contributed by atoms with E-state index in [0.29, 0.717) is 18.8 Å². The highest BCUT2D eigenvalue weighted by molar-refractivity contribution is 5.86. The molecule has 1 unspecified atom stereocenters. The van der Waals surface area contributed by atoms with E-state index in [9.17, 15) is 4.79 Å². The Bertz CT molecular complexity index is 567. The minimum Gasteiger partial charge on any atom is -0.368 e. The lowest BCUT2D eigenvalue weighted by atomic mass is 10.1. The van der Waals surface area contributed by atoms with Crippen LogP contribution >= 0.6 is 0 Å². The lowest BCUT2D eigenvalue weighted by molar-refractivity contribution is -0.119. The van der Waals surface area contributed by atoms with Crippen LogP contribution in [-0.4, -0.2) is 32.6 Å². The molecule has 1 aromatic carbocycles. The number of nitrogens with two attached hydrogens (primary N) is 1. The van der Waals surface area contributed by atoms with E-state index in [-0.39, 0.29) is 11.9 Å². The van der Waals surface area contributed by atoms with Crippen LogP contribution in [0.5, 0.6) is 0 Å². The van der Waals surface area contributed by atoms with Crippen molar-refractivity contribution >= 4 is 11.6 Å². The number of nitrogens with one attached hydrogen (secondary N) is 1. The molecule has 0 radical (unpaired) electrons. The number of para-hydroxylation sites is 1. The van der Waals surface area contributed by atoms with E-state index in [1.165, 1.54) is 0 Å². The van der Waals surface area contributed by atoms with Crippen LogP contribution in [-0.2, 0) is 17.8 Å². The third kappa shape index (κ3) is 1.69. The Morgan fingerprint density at radius 2 is 2.33 bits per heavy atom. The van der Waals surface area contributed by atoms with Gasteiger partial charge in [-0.2, -0.15) is 5.21 Å². The molecular weight excluding hydrogens is 232 g/mol. The molecule has 3 N–H and O–H groups in total. The Kier molecular flexibility index (Phi) is 2.44. The standard InChI is InChI=1S/C11H12N6O/c12-11(18)9-5-7-3-1-2-4-8(7)17(9)6-10-13-15-16-14-10/h1-4,9H,5-6H2,(H2,12,18)(H,13,14,15,16). The molecule has 1 aliphatic heterocycles. The number of anilines is 1. The zero-order valence-electron chi connectivity index (χ0n) is 9.58. The van der Waals surface area contributed by atoms with E-state index >= 15 is 0 Å². The molecule has 1 atom stereocenters. The van der Waals surface area contributed by atoms with Gasteiger partial charge in [-0.1, -0.05) is 23.4 Å². The molecule has 0 saturated carbocycles. The molecular formula is C11H12N6O. The van der Waals surface area contributed by atoms with Crippen molar-refractivity contribution in [2.45, 2.75) is 19.0 Å². The van der Waals surface area contributed by atoms with Gasteiger partial charge >= 0.3 is 0 Å². The van der Waals surface area contributed by atoms with E-state index in [2.05, 4.69) is 20.6 Å². The van der Waals surface area contributed by atoms with Crippen molar-refractivity contribution in [3.63, 3.8) is 0 Å². The molecule has 92 valence electrons. The number of hydrogen-bond donors (Lipinski definition) is 2. The minimum atomic E-state index is -0.346. The summed E-state index contributed by atoms with van der Waals surface area (Å²) in [6, 6.07) is 7.51. The Hall–Kier alpha value is -2.44. The van der Waals surface area contributed by atoms with Crippen molar-refractivity contribution in [3.05, 3.63) is 35.7 Å². The van der Waals surface area contributed by atoms with Crippen molar-refractivity contribution < 1.29 is 4.79 Å². The number of H-pyrrole nitrogens is 1. The number of benzene rings is 1. The average Bonchev–Trinajstić information content (AvgIpc) is 2.98. The van der Waals surface area contributed by atoms with Crippen LogP contribution in [0.3, 0.4) is 0 Å². The maximum absolute atomic E-state index is 11.5. The molecule has 0 aliphatic carbocycles. The number of fused-ring (bicyclic) bond motifs is 1. The second-order valence-corrected chi connectivity index (χ2v) is 4.21. The lowest BCUT2D eigenvalue weighted by Crippen LogP contribution is -2.42. The monoisotopic (exact) mass is 244 g/mol. The largest absolute Gasteiger partial charge is 0.368 e. The molecule has 0 bridgehead atoms. The van der Waals surface area contributed by atoms with E-state index in [4.69, 9.17) is 5.73 Å². The van der Waals surface area contributed by atoms with Crippen LogP contribution in [0, 0.1) is 0 Å². The molecule has 2 aromatic rings. The molecule has 3 rings (SSSR count). The second kappa shape index (κ2) is 4.10. The normalized spacial score (nSPS) is 17.8. The lowest BCUT2D eigenvalue weighted by Gasteiger charge is -2.23. The fraction of sp³-hybridized carbons (Fsp3) is 0.273. The zero-order valence-corrected chi connectivity index (χ0v) is 9.58. The quantitative estimate of drug-likeness (QED) is 0.766. The van der Waals surface area contributed by atoms with Crippen molar-refractivity contribution in [2.75, 3.05) is 4.90 Å². The predicted octanol–water partition coefficient (Wildman–Crippen LogP) is -0.384. The topological polar surface area (TPSA) is 101 Å². The first-order valence-electron chi connectivity index (χ1n) is 5.62. The number of amides is 1. The van der Waals surface area contributed by atoms with Crippen molar-refractivity contribution in [1.29, 1.82) is 0 Å². The smallest absolute Gasteiger partial charge is 0.240 e. The van der Waals surface area contributed by atoms with Gasteiger partial charge in [0, 0.05) is 12.1 Å². The number of aromatic amines is 1. The maximum Gasteiger partial charge on any atom is 0.240 e. The summed E-state index contributed by atoms with van der Waals surface area (Å²) in [4.78, 5) is 13.4. The van der Waals surface area contributed by atoms with Crippen LogP contribution in [0.15, 0.2) is 24.3 Å². The highest BCUT2D eigenvalue weighted by Crippen LogP contribution is 2.32. The molecule has 1 aromatic heterocycles.